The van der Waals surface area contributed by atoms with E-state index in [9.17, 15) is 9.59 Å². The Hall–Kier alpha value is -3.84. The summed E-state index contributed by atoms with van der Waals surface area (Å²) >= 11 is 0. The number of amides is 2. The van der Waals surface area contributed by atoms with Crippen LogP contribution in [0.5, 0.6) is 5.75 Å². The molecule has 0 spiro atoms. The molecule has 2 atom stereocenters. The van der Waals surface area contributed by atoms with Gasteiger partial charge in [-0.25, -0.2) is 0 Å². The summed E-state index contributed by atoms with van der Waals surface area (Å²) in [4.78, 5) is 30.8. The first kappa shape index (κ1) is 20.7. The van der Waals surface area contributed by atoms with Crippen molar-refractivity contribution in [3.05, 3.63) is 65.7 Å². The Morgan fingerprint density at radius 3 is 2.53 bits per heavy atom. The zero-order valence-electron chi connectivity index (χ0n) is 18.8. The number of methoxy groups -OCH3 is 1. The summed E-state index contributed by atoms with van der Waals surface area (Å²) in [6.07, 6.45) is 2.32. The lowest BCUT2D eigenvalue weighted by Gasteiger charge is -2.32. The predicted molar refractivity (Wildman–Crippen MR) is 130 cm³/mol. The van der Waals surface area contributed by atoms with Crippen molar-refractivity contribution in [1.82, 2.24) is 9.88 Å². The van der Waals surface area contributed by atoms with Gasteiger partial charge in [0.25, 0.3) is 11.8 Å². The standard InChI is InChI=1S/C27H25N3O4/c1-33-18-4-2-3-15(9-18)17-10-22-21-8-5-16(12-24(21)29-25(22)23(11-17)26(28)31)27(32)30-13-19-6-7-20(14-30)34-19/h2-5,8-12,19-20,29H,6-7,13-14H2,1H3,(H2,28,31). The molecule has 2 fully saturated rings. The number of nitrogens with zero attached hydrogens (tertiary/aromatic N) is 1. The highest BCUT2D eigenvalue weighted by Crippen LogP contribution is 2.35. The Morgan fingerprint density at radius 1 is 1.00 bits per heavy atom. The van der Waals surface area contributed by atoms with Gasteiger partial charge in [0.1, 0.15) is 5.75 Å². The molecular weight excluding hydrogens is 430 g/mol. The number of ether oxygens (including phenoxy) is 2. The van der Waals surface area contributed by atoms with Crippen molar-refractivity contribution in [2.24, 2.45) is 5.73 Å². The molecule has 3 aromatic carbocycles. The fraction of sp³-hybridized carbons (Fsp3) is 0.259. The van der Waals surface area contributed by atoms with Gasteiger partial charge >= 0.3 is 0 Å². The number of aromatic nitrogens is 1. The van der Waals surface area contributed by atoms with Crippen molar-refractivity contribution in [3.8, 4) is 16.9 Å². The van der Waals surface area contributed by atoms with Crippen LogP contribution in [0.4, 0.5) is 0 Å². The number of nitrogens with one attached hydrogen (secondary N) is 1. The lowest BCUT2D eigenvalue weighted by molar-refractivity contribution is -0.0303. The molecule has 2 bridgehead atoms. The summed E-state index contributed by atoms with van der Waals surface area (Å²) in [5, 5.41) is 1.81. The molecule has 172 valence electrons. The fourth-order valence-electron chi connectivity index (χ4n) is 5.27. The van der Waals surface area contributed by atoms with E-state index in [1.807, 2.05) is 53.4 Å². The number of carbonyl (C=O) groups excluding carboxylic acids is 2. The van der Waals surface area contributed by atoms with Crippen LogP contribution in [0.15, 0.2) is 54.6 Å². The van der Waals surface area contributed by atoms with Crippen LogP contribution in [0.3, 0.4) is 0 Å². The number of benzene rings is 3. The number of nitrogens with two attached hydrogens (primary N) is 1. The molecule has 7 heteroatoms. The minimum Gasteiger partial charge on any atom is -0.497 e. The number of hydrogen-bond donors (Lipinski definition) is 2. The van der Waals surface area contributed by atoms with Gasteiger partial charge in [0.05, 0.1) is 30.4 Å². The molecular formula is C27H25N3O4. The molecule has 2 amide bonds. The maximum atomic E-state index is 13.2. The number of fused-ring (bicyclic) bond motifs is 5. The first-order chi connectivity index (χ1) is 16.5. The minimum atomic E-state index is -0.513. The molecule has 1 aromatic heterocycles. The molecule has 2 saturated heterocycles. The summed E-state index contributed by atoms with van der Waals surface area (Å²) in [5.74, 6) is 0.228. The fourth-order valence-corrected chi connectivity index (χ4v) is 5.27. The summed E-state index contributed by atoms with van der Waals surface area (Å²) in [6.45, 7) is 1.27. The number of rotatable bonds is 4. The van der Waals surface area contributed by atoms with E-state index < -0.39 is 5.91 Å². The number of morpholine rings is 1. The zero-order chi connectivity index (χ0) is 23.4. The average molecular weight is 456 g/mol. The summed E-state index contributed by atoms with van der Waals surface area (Å²) < 4.78 is 11.2. The smallest absolute Gasteiger partial charge is 0.254 e. The van der Waals surface area contributed by atoms with E-state index in [1.165, 1.54) is 0 Å². The second-order valence-corrected chi connectivity index (χ2v) is 9.10. The lowest BCUT2D eigenvalue weighted by Crippen LogP contribution is -2.45. The third kappa shape index (κ3) is 3.40. The van der Waals surface area contributed by atoms with Crippen LogP contribution in [0.25, 0.3) is 32.9 Å². The van der Waals surface area contributed by atoms with Crippen LogP contribution in [0.2, 0.25) is 0 Å². The van der Waals surface area contributed by atoms with Gasteiger partial charge < -0.3 is 25.1 Å². The van der Waals surface area contributed by atoms with Crippen molar-refractivity contribution in [3.63, 3.8) is 0 Å². The largest absolute Gasteiger partial charge is 0.497 e. The van der Waals surface area contributed by atoms with Gasteiger partial charge in [0, 0.05) is 34.9 Å². The third-order valence-electron chi connectivity index (χ3n) is 6.95. The first-order valence-electron chi connectivity index (χ1n) is 11.5. The Morgan fingerprint density at radius 2 is 1.79 bits per heavy atom. The highest BCUT2D eigenvalue weighted by atomic mass is 16.5. The van der Waals surface area contributed by atoms with Crippen LogP contribution in [0.1, 0.15) is 33.6 Å². The highest BCUT2D eigenvalue weighted by molar-refractivity contribution is 6.17. The highest BCUT2D eigenvalue weighted by Gasteiger charge is 2.36. The molecule has 2 aliphatic rings. The average Bonchev–Trinajstić information content (AvgIpc) is 3.40. The molecule has 34 heavy (non-hydrogen) atoms. The lowest BCUT2D eigenvalue weighted by atomic mass is 9.98. The molecule has 7 nitrogen and oxygen atoms in total. The van der Waals surface area contributed by atoms with Crippen molar-refractivity contribution < 1.29 is 19.1 Å². The van der Waals surface area contributed by atoms with Crippen LogP contribution in [-0.4, -0.2) is 54.1 Å². The molecule has 3 N–H and O–H groups in total. The minimum absolute atomic E-state index is 0.00736. The van der Waals surface area contributed by atoms with Gasteiger partial charge in [-0.3, -0.25) is 9.59 Å². The number of aromatic amines is 1. The van der Waals surface area contributed by atoms with E-state index in [0.717, 1.165) is 46.0 Å². The van der Waals surface area contributed by atoms with Gasteiger partial charge in [-0.1, -0.05) is 18.2 Å². The van der Waals surface area contributed by atoms with E-state index in [0.29, 0.717) is 29.7 Å². The SMILES string of the molecule is COc1cccc(-c2cc(C(N)=O)c3[nH]c4cc(C(=O)N5CC6CCC(C5)O6)ccc4c3c2)c1. The monoisotopic (exact) mass is 455 g/mol. The normalized spacial score (nSPS) is 19.6. The summed E-state index contributed by atoms with van der Waals surface area (Å²) in [6, 6.07) is 17.2. The summed E-state index contributed by atoms with van der Waals surface area (Å²) in [5.41, 5.74) is 10.0. The molecule has 4 aromatic rings. The van der Waals surface area contributed by atoms with Gasteiger partial charge in [-0.15, -0.1) is 0 Å². The Kier molecular flexibility index (Phi) is 4.81. The Bertz CT molecular complexity index is 1450. The number of primary amides is 1. The number of likely N-dealkylation sites (tertiary alicyclic amines) is 1. The molecule has 0 radical (unpaired) electrons. The van der Waals surface area contributed by atoms with E-state index >= 15 is 0 Å². The first-order valence-corrected chi connectivity index (χ1v) is 11.5. The van der Waals surface area contributed by atoms with Crippen LogP contribution >= 0.6 is 0 Å². The molecule has 0 aliphatic carbocycles. The van der Waals surface area contributed by atoms with Crippen LogP contribution in [-0.2, 0) is 4.74 Å². The molecule has 6 rings (SSSR count). The van der Waals surface area contributed by atoms with Crippen LogP contribution < -0.4 is 10.5 Å². The predicted octanol–water partition coefficient (Wildman–Crippen LogP) is 4.10. The van der Waals surface area contributed by atoms with Gasteiger partial charge in [-0.2, -0.15) is 0 Å². The second kappa shape index (κ2) is 7.88. The second-order valence-electron chi connectivity index (χ2n) is 9.10. The number of hydrogen-bond acceptors (Lipinski definition) is 4. The Labute approximate surface area is 196 Å². The van der Waals surface area contributed by atoms with Gasteiger partial charge in [0.2, 0.25) is 0 Å². The number of H-pyrrole nitrogens is 1. The zero-order valence-corrected chi connectivity index (χ0v) is 18.8. The van der Waals surface area contributed by atoms with Gasteiger partial charge in [-0.05, 0) is 60.4 Å². The van der Waals surface area contributed by atoms with Crippen molar-refractivity contribution >= 4 is 33.6 Å². The van der Waals surface area contributed by atoms with E-state index in [1.54, 1.807) is 13.2 Å². The molecule has 0 saturated carbocycles. The molecule has 2 aliphatic heterocycles. The maximum absolute atomic E-state index is 13.2. The number of carbonyl (C=O) groups is 2. The molecule has 2 unspecified atom stereocenters. The van der Waals surface area contributed by atoms with E-state index in [-0.39, 0.29) is 18.1 Å². The van der Waals surface area contributed by atoms with Crippen molar-refractivity contribution in [1.29, 1.82) is 0 Å². The van der Waals surface area contributed by atoms with Crippen molar-refractivity contribution in [2.75, 3.05) is 20.2 Å². The van der Waals surface area contributed by atoms with Crippen LogP contribution in [0, 0.1) is 0 Å². The quantitative estimate of drug-likeness (QED) is 0.484. The Balaban J connectivity index is 1.44. The van der Waals surface area contributed by atoms with Gasteiger partial charge in [0.15, 0.2) is 0 Å². The van der Waals surface area contributed by atoms with E-state index in [4.69, 9.17) is 15.2 Å². The third-order valence-corrected chi connectivity index (χ3v) is 6.95. The maximum Gasteiger partial charge on any atom is 0.254 e. The molecule has 3 heterocycles. The summed E-state index contributed by atoms with van der Waals surface area (Å²) in [7, 11) is 1.62. The topological polar surface area (TPSA) is 97.7 Å². The van der Waals surface area contributed by atoms with Crippen molar-refractivity contribution in [2.45, 2.75) is 25.0 Å². The van der Waals surface area contributed by atoms with E-state index in [2.05, 4.69) is 4.98 Å².